The molecule has 1 aliphatic heterocycles. The minimum atomic E-state index is -2.58. The molecule has 4 rings (SSSR count). The highest BCUT2D eigenvalue weighted by atomic mass is 19.3. The van der Waals surface area contributed by atoms with Crippen molar-refractivity contribution in [2.75, 3.05) is 18.5 Å². The lowest BCUT2D eigenvalue weighted by atomic mass is 9.92. The van der Waals surface area contributed by atoms with Crippen LogP contribution in [0.1, 0.15) is 36.9 Å². The number of hydrogen-bond donors (Lipinski definition) is 1. The molecule has 1 N–H and O–H groups in total. The molecule has 3 heterocycles. The van der Waals surface area contributed by atoms with Gasteiger partial charge in [-0.25, -0.2) is 22.8 Å². The lowest BCUT2D eigenvalue weighted by Gasteiger charge is -2.30. The Balaban J connectivity index is 1.58. The fraction of sp³-hybridized carbons (Fsp3) is 0.579. The van der Waals surface area contributed by atoms with Crippen LogP contribution in [0, 0.1) is 6.92 Å². The Morgan fingerprint density at radius 3 is 2.64 bits per heavy atom. The van der Waals surface area contributed by atoms with Crippen LogP contribution >= 0.6 is 0 Å². The molecule has 9 heteroatoms. The van der Waals surface area contributed by atoms with Gasteiger partial charge >= 0.3 is 0 Å². The number of pyridine rings is 1. The molecule has 0 radical (unpaired) electrons. The first-order valence-electron chi connectivity index (χ1n) is 9.44. The number of ether oxygens (including phenoxy) is 2. The first-order valence-corrected chi connectivity index (χ1v) is 9.44. The van der Waals surface area contributed by atoms with E-state index in [9.17, 15) is 13.2 Å². The molecule has 0 atom stereocenters. The number of alkyl halides is 3. The van der Waals surface area contributed by atoms with Crippen molar-refractivity contribution in [1.82, 2.24) is 14.8 Å². The Morgan fingerprint density at radius 2 is 2.04 bits per heavy atom. The van der Waals surface area contributed by atoms with Gasteiger partial charge in [0, 0.05) is 37.2 Å². The molecular weight excluding hydrogens is 373 g/mol. The summed E-state index contributed by atoms with van der Waals surface area (Å²) in [5.41, 5.74) is 1.08. The average Bonchev–Trinajstić information content (AvgIpc) is 3.01. The van der Waals surface area contributed by atoms with Gasteiger partial charge in [-0.1, -0.05) is 0 Å². The number of aromatic nitrogens is 3. The summed E-state index contributed by atoms with van der Waals surface area (Å²) in [7, 11) is 0. The van der Waals surface area contributed by atoms with E-state index in [1.54, 1.807) is 25.3 Å². The van der Waals surface area contributed by atoms with E-state index in [1.807, 2.05) is 0 Å². The number of aryl methyl sites for hydroxylation is 1. The first kappa shape index (κ1) is 19.0. The van der Waals surface area contributed by atoms with E-state index in [4.69, 9.17) is 9.47 Å². The third kappa shape index (κ3) is 4.24. The predicted molar refractivity (Wildman–Crippen MR) is 97.0 cm³/mol. The van der Waals surface area contributed by atoms with Crippen LogP contribution in [0.25, 0.3) is 5.82 Å². The Kier molecular flexibility index (Phi) is 5.18. The van der Waals surface area contributed by atoms with Crippen molar-refractivity contribution in [2.45, 2.75) is 57.3 Å². The highest BCUT2D eigenvalue weighted by Gasteiger charge is 2.35. The Bertz CT molecular complexity index is 829. The minimum Gasteiger partial charge on any atom is -0.485 e. The molecule has 0 bridgehead atoms. The van der Waals surface area contributed by atoms with Crippen molar-refractivity contribution < 1.29 is 22.6 Å². The van der Waals surface area contributed by atoms with Crippen LogP contribution in [-0.2, 0) is 11.4 Å². The van der Waals surface area contributed by atoms with E-state index < -0.39 is 12.6 Å². The number of anilines is 1. The van der Waals surface area contributed by atoms with Crippen LogP contribution in [0.4, 0.5) is 19.0 Å². The van der Waals surface area contributed by atoms with Crippen LogP contribution in [0.15, 0.2) is 18.3 Å². The normalized spacial score (nSPS) is 20.0. The van der Waals surface area contributed by atoms with E-state index >= 15 is 0 Å². The van der Waals surface area contributed by atoms with Gasteiger partial charge in [0.25, 0.3) is 0 Å². The number of nitrogens with zero attached hydrogens (tertiary/aromatic N) is 3. The highest BCUT2D eigenvalue weighted by molar-refractivity contribution is 5.48. The van der Waals surface area contributed by atoms with Gasteiger partial charge in [-0.3, -0.25) is 0 Å². The second-order valence-corrected chi connectivity index (χ2v) is 7.44. The largest absolute Gasteiger partial charge is 0.485 e. The van der Waals surface area contributed by atoms with Gasteiger partial charge in [-0.2, -0.15) is 5.10 Å². The highest BCUT2D eigenvalue weighted by Crippen LogP contribution is 2.34. The molecule has 0 amide bonds. The summed E-state index contributed by atoms with van der Waals surface area (Å²) in [6.45, 7) is 2.16. The molecule has 1 saturated carbocycles. The van der Waals surface area contributed by atoms with Crippen molar-refractivity contribution in [3.05, 3.63) is 29.6 Å². The van der Waals surface area contributed by atoms with Crippen LogP contribution in [0.5, 0.6) is 5.75 Å². The van der Waals surface area contributed by atoms with E-state index in [-0.39, 0.29) is 25.0 Å². The van der Waals surface area contributed by atoms with Crippen molar-refractivity contribution >= 4 is 5.82 Å². The monoisotopic (exact) mass is 396 g/mol. The molecule has 6 nitrogen and oxygen atoms in total. The smallest absolute Gasteiger partial charge is 0.248 e. The van der Waals surface area contributed by atoms with Crippen molar-refractivity contribution in [1.29, 1.82) is 0 Å². The lowest BCUT2D eigenvalue weighted by molar-refractivity contribution is -0.0796. The number of rotatable bonds is 6. The zero-order valence-electron chi connectivity index (χ0n) is 15.6. The molecule has 2 aromatic rings. The van der Waals surface area contributed by atoms with Crippen molar-refractivity contribution in [3.63, 3.8) is 0 Å². The summed E-state index contributed by atoms with van der Waals surface area (Å²) < 4.78 is 52.4. The third-order valence-corrected chi connectivity index (χ3v) is 5.13. The molecule has 152 valence electrons. The van der Waals surface area contributed by atoms with Crippen LogP contribution in [-0.4, -0.2) is 46.0 Å². The van der Waals surface area contributed by atoms with Gasteiger partial charge in [-0.05, 0) is 25.3 Å². The van der Waals surface area contributed by atoms with Crippen LogP contribution in [0.2, 0.25) is 0 Å². The summed E-state index contributed by atoms with van der Waals surface area (Å²) in [4.78, 5) is 4.54. The molecule has 0 spiro atoms. The maximum atomic E-state index is 13.4. The minimum absolute atomic E-state index is 0.0303. The zero-order valence-corrected chi connectivity index (χ0v) is 15.6. The lowest BCUT2D eigenvalue weighted by Crippen LogP contribution is -2.38. The molecular formula is C19H23F3N4O2. The molecule has 2 aromatic heterocycles. The number of nitrogens with one attached hydrogen (secondary N) is 1. The third-order valence-electron chi connectivity index (χ3n) is 5.13. The fourth-order valence-electron chi connectivity index (χ4n) is 3.36. The van der Waals surface area contributed by atoms with Gasteiger partial charge in [0.15, 0.2) is 5.82 Å². The summed E-state index contributed by atoms with van der Waals surface area (Å²) in [6.07, 6.45) is 2.16. The quantitative estimate of drug-likeness (QED) is 0.805. The Hall–Kier alpha value is -2.29. The van der Waals surface area contributed by atoms with E-state index in [1.165, 1.54) is 4.68 Å². The standard InChI is InChI=1S/C19H23F3N4O2/c1-12-9-26(25-16(12)8-20)18-7-14(28-15-10-27-11-15)6-17(24-18)23-13-2-4-19(21,22)5-3-13/h6-7,9,13,15H,2-5,8,10-11H2,1H3,(H,23,24). The predicted octanol–water partition coefficient (Wildman–Crippen LogP) is 3.81. The van der Waals surface area contributed by atoms with Gasteiger partial charge in [0.05, 0.1) is 18.9 Å². The van der Waals surface area contributed by atoms with Crippen LogP contribution < -0.4 is 10.1 Å². The molecule has 28 heavy (non-hydrogen) atoms. The number of hydrogen-bond acceptors (Lipinski definition) is 5. The van der Waals surface area contributed by atoms with Gasteiger partial charge in [-0.15, -0.1) is 0 Å². The van der Waals surface area contributed by atoms with Gasteiger partial charge < -0.3 is 14.8 Å². The summed E-state index contributed by atoms with van der Waals surface area (Å²) in [5, 5.41) is 7.47. The van der Waals surface area contributed by atoms with Gasteiger partial charge in [0.2, 0.25) is 5.92 Å². The summed E-state index contributed by atoms with van der Waals surface area (Å²) in [6, 6.07) is 3.40. The van der Waals surface area contributed by atoms with Crippen molar-refractivity contribution in [2.24, 2.45) is 0 Å². The maximum Gasteiger partial charge on any atom is 0.248 e. The van der Waals surface area contributed by atoms with Gasteiger partial charge in [0.1, 0.15) is 24.3 Å². The average molecular weight is 396 g/mol. The molecule has 2 aliphatic rings. The van der Waals surface area contributed by atoms with E-state index in [0.717, 1.165) is 5.56 Å². The summed E-state index contributed by atoms with van der Waals surface area (Å²) in [5.74, 6) is -1.000. The molecule has 1 saturated heterocycles. The Morgan fingerprint density at radius 1 is 1.29 bits per heavy atom. The Labute approximate surface area is 161 Å². The second kappa shape index (κ2) is 7.62. The molecule has 0 unspecified atom stereocenters. The first-order chi connectivity index (χ1) is 13.4. The topological polar surface area (TPSA) is 61.2 Å². The maximum absolute atomic E-state index is 13.4. The summed E-state index contributed by atoms with van der Waals surface area (Å²) >= 11 is 0. The zero-order chi connectivity index (χ0) is 19.7. The SMILES string of the molecule is Cc1cn(-c2cc(OC3COC3)cc(NC3CCC(F)(F)CC3)n2)nc1CF. The van der Waals surface area contributed by atoms with E-state index in [0.29, 0.717) is 49.1 Å². The molecule has 2 fully saturated rings. The molecule has 0 aromatic carbocycles. The van der Waals surface area contributed by atoms with E-state index in [2.05, 4.69) is 15.4 Å². The molecule has 1 aliphatic carbocycles. The second-order valence-electron chi connectivity index (χ2n) is 7.44. The number of halogens is 3. The van der Waals surface area contributed by atoms with Crippen LogP contribution in [0.3, 0.4) is 0 Å². The van der Waals surface area contributed by atoms with Crippen molar-refractivity contribution in [3.8, 4) is 11.6 Å². The fourth-order valence-corrected chi connectivity index (χ4v) is 3.36.